The molecule has 0 saturated heterocycles. The quantitative estimate of drug-likeness (QED) is 0.847. The third-order valence-corrected chi connectivity index (χ3v) is 2.80. The van der Waals surface area contributed by atoms with Crippen molar-refractivity contribution in [3.8, 4) is 0 Å². The van der Waals surface area contributed by atoms with Crippen molar-refractivity contribution < 1.29 is 4.74 Å². The molecule has 1 rings (SSSR count). The van der Waals surface area contributed by atoms with E-state index in [1.54, 1.807) is 6.07 Å². The van der Waals surface area contributed by atoms with Crippen LogP contribution in [0.15, 0.2) is 18.2 Å². The van der Waals surface area contributed by atoms with Gasteiger partial charge in [-0.3, -0.25) is 0 Å². The molecule has 0 saturated carbocycles. The van der Waals surface area contributed by atoms with Crippen molar-refractivity contribution in [3.63, 3.8) is 0 Å². The monoisotopic (exact) mass is 261 g/mol. The van der Waals surface area contributed by atoms with E-state index in [1.807, 2.05) is 26.0 Å². The second-order valence-corrected chi connectivity index (χ2v) is 4.48. The average Bonchev–Trinajstić information content (AvgIpc) is 2.22. The Morgan fingerprint density at radius 2 is 2.12 bits per heavy atom. The van der Waals surface area contributed by atoms with Crippen molar-refractivity contribution in [1.29, 1.82) is 0 Å². The lowest BCUT2D eigenvalue weighted by atomic mass is 10.2. The van der Waals surface area contributed by atoms with Crippen LogP contribution < -0.4 is 5.32 Å². The first-order chi connectivity index (χ1) is 7.63. The molecule has 0 bridgehead atoms. The summed E-state index contributed by atoms with van der Waals surface area (Å²) in [5.41, 5.74) is 1.05. The maximum atomic E-state index is 6.05. The first kappa shape index (κ1) is 13.8. The Morgan fingerprint density at radius 1 is 1.38 bits per heavy atom. The molecular weight excluding hydrogens is 245 g/mol. The second kappa shape index (κ2) is 7.13. The maximum Gasteiger partial charge on any atom is 0.0671 e. The van der Waals surface area contributed by atoms with Gasteiger partial charge in [0.05, 0.1) is 6.10 Å². The lowest BCUT2D eigenvalue weighted by Gasteiger charge is -2.13. The summed E-state index contributed by atoms with van der Waals surface area (Å²) in [6.45, 7) is 6.32. The van der Waals surface area contributed by atoms with Gasteiger partial charge in [-0.2, -0.15) is 0 Å². The van der Waals surface area contributed by atoms with Gasteiger partial charge in [0.15, 0.2) is 0 Å². The highest BCUT2D eigenvalue weighted by molar-refractivity contribution is 6.35. The summed E-state index contributed by atoms with van der Waals surface area (Å²) in [5, 5.41) is 4.66. The minimum atomic E-state index is 0.219. The topological polar surface area (TPSA) is 21.3 Å². The summed E-state index contributed by atoms with van der Waals surface area (Å²) in [7, 11) is 0. The van der Waals surface area contributed by atoms with E-state index in [2.05, 4.69) is 5.32 Å². The Hall–Kier alpha value is -0.280. The number of nitrogens with one attached hydrogen (secondary N) is 1. The molecule has 0 aliphatic carbocycles. The van der Waals surface area contributed by atoms with E-state index in [0.717, 1.165) is 25.3 Å². The largest absolute Gasteiger partial charge is 0.377 e. The second-order valence-electron chi connectivity index (χ2n) is 3.63. The van der Waals surface area contributed by atoms with Crippen LogP contribution in [0.5, 0.6) is 0 Å². The highest BCUT2D eigenvalue weighted by atomic mass is 35.5. The van der Waals surface area contributed by atoms with E-state index in [-0.39, 0.29) is 6.10 Å². The van der Waals surface area contributed by atoms with Crippen LogP contribution in [0.25, 0.3) is 0 Å². The predicted molar refractivity (Wildman–Crippen MR) is 69.3 cm³/mol. The number of rotatable bonds is 6. The van der Waals surface area contributed by atoms with Crippen LogP contribution in [0.3, 0.4) is 0 Å². The fourth-order valence-electron chi connectivity index (χ4n) is 1.42. The Morgan fingerprint density at radius 3 is 2.75 bits per heavy atom. The van der Waals surface area contributed by atoms with Crippen molar-refractivity contribution in [1.82, 2.24) is 5.32 Å². The summed E-state index contributed by atoms with van der Waals surface area (Å²) >= 11 is 11.9. The SMILES string of the molecule is CCOC(C)CNCc1ccc(Cl)cc1Cl. The maximum absolute atomic E-state index is 6.05. The summed E-state index contributed by atoms with van der Waals surface area (Å²) in [6, 6.07) is 5.53. The number of benzene rings is 1. The van der Waals surface area contributed by atoms with Crippen LogP contribution >= 0.6 is 23.2 Å². The summed E-state index contributed by atoms with van der Waals surface area (Å²) in [5.74, 6) is 0. The Balaban J connectivity index is 2.37. The lowest BCUT2D eigenvalue weighted by molar-refractivity contribution is 0.0759. The van der Waals surface area contributed by atoms with Crippen LogP contribution in [0.1, 0.15) is 19.4 Å². The van der Waals surface area contributed by atoms with Gasteiger partial charge in [0.2, 0.25) is 0 Å². The summed E-state index contributed by atoms with van der Waals surface area (Å²) in [4.78, 5) is 0. The van der Waals surface area contributed by atoms with Gasteiger partial charge in [-0.25, -0.2) is 0 Å². The van der Waals surface area contributed by atoms with Crippen molar-refractivity contribution in [2.24, 2.45) is 0 Å². The number of hydrogen-bond acceptors (Lipinski definition) is 2. The molecule has 0 amide bonds. The normalized spacial score (nSPS) is 12.8. The molecule has 0 aromatic heterocycles. The van der Waals surface area contributed by atoms with Crippen molar-refractivity contribution >= 4 is 23.2 Å². The first-order valence-corrected chi connectivity index (χ1v) is 6.15. The van der Waals surface area contributed by atoms with Crippen LogP contribution in [0.4, 0.5) is 0 Å². The van der Waals surface area contributed by atoms with Gasteiger partial charge in [-0.15, -0.1) is 0 Å². The van der Waals surface area contributed by atoms with Crippen LogP contribution in [0, 0.1) is 0 Å². The first-order valence-electron chi connectivity index (χ1n) is 5.39. The molecule has 16 heavy (non-hydrogen) atoms. The molecule has 1 aromatic rings. The van der Waals surface area contributed by atoms with Gasteiger partial charge in [0.25, 0.3) is 0 Å². The van der Waals surface area contributed by atoms with Gasteiger partial charge in [-0.05, 0) is 31.5 Å². The van der Waals surface area contributed by atoms with Crippen molar-refractivity contribution in [3.05, 3.63) is 33.8 Å². The minimum Gasteiger partial charge on any atom is -0.377 e. The van der Waals surface area contributed by atoms with Gasteiger partial charge in [0, 0.05) is 29.7 Å². The van der Waals surface area contributed by atoms with Gasteiger partial charge >= 0.3 is 0 Å². The Bertz CT molecular complexity index is 331. The molecule has 0 heterocycles. The fraction of sp³-hybridized carbons (Fsp3) is 0.500. The van der Waals surface area contributed by atoms with Gasteiger partial charge in [0.1, 0.15) is 0 Å². The molecule has 1 aromatic carbocycles. The minimum absolute atomic E-state index is 0.219. The fourth-order valence-corrected chi connectivity index (χ4v) is 1.89. The average molecular weight is 262 g/mol. The van der Waals surface area contributed by atoms with E-state index in [1.165, 1.54) is 0 Å². The molecule has 0 aliphatic rings. The lowest BCUT2D eigenvalue weighted by Crippen LogP contribution is -2.26. The van der Waals surface area contributed by atoms with E-state index < -0.39 is 0 Å². The van der Waals surface area contributed by atoms with E-state index in [4.69, 9.17) is 27.9 Å². The highest BCUT2D eigenvalue weighted by Crippen LogP contribution is 2.20. The van der Waals surface area contributed by atoms with Crippen LogP contribution in [-0.2, 0) is 11.3 Å². The molecule has 0 fully saturated rings. The molecule has 0 aliphatic heterocycles. The molecule has 0 spiro atoms. The predicted octanol–water partition coefficient (Wildman–Crippen LogP) is 3.51. The number of halogens is 2. The zero-order chi connectivity index (χ0) is 12.0. The zero-order valence-electron chi connectivity index (χ0n) is 9.59. The highest BCUT2D eigenvalue weighted by Gasteiger charge is 2.03. The van der Waals surface area contributed by atoms with E-state index in [9.17, 15) is 0 Å². The number of hydrogen-bond donors (Lipinski definition) is 1. The summed E-state index contributed by atoms with van der Waals surface area (Å²) < 4.78 is 5.41. The molecule has 0 radical (unpaired) electrons. The van der Waals surface area contributed by atoms with Crippen LogP contribution in [0.2, 0.25) is 10.0 Å². The van der Waals surface area contributed by atoms with Gasteiger partial charge < -0.3 is 10.1 Å². The van der Waals surface area contributed by atoms with E-state index in [0.29, 0.717) is 10.0 Å². The van der Waals surface area contributed by atoms with Crippen LogP contribution in [-0.4, -0.2) is 19.3 Å². The smallest absolute Gasteiger partial charge is 0.0671 e. The molecule has 1 unspecified atom stereocenters. The molecule has 1 atom stereocenters. The third-order valence-electron chi connectivity index (χ3n) is 2.21. The number of ether oxygens (including phenoxy) is 1. The third kappa shape index (κ3) is 4.71. The van der Waals surface area contributed by atoms with E-state index >= 15 is 0 Å². The van der Waals surface area contributed by atoms with Crippen molar-refractivity contribution in [2.75, 3.05) is 13.2 Å². The summed E-state index contributed by atoms with van der Waals surface area (Å²) in [6.07, 6.45) is 0.219. The van der Waals surface area contributed by atoms with Crippen molar-refractivity contribution in [2.45, 2.75) is 26.5 Å². The molecular formula is C12H17Cl2NO. The standard InChI is InChI=1S/C12H17Cl2NO/c1-3-16-9(2)7-15-8-10-4-5-11(13)6-12(10)14/h4-6,9,15H,3,7-8H2,1-2H3. The van der Waals surface area contributed by atoms with Gasteiger partial charge in [-0.1, -0.05) is 29.3 Å². The molecule has 4 heteroatoms. The zero-order valence-corrected chi connectivity index (χ0v) is 11.1. The Labute approximate surface area is 107 Å². The Kier molecular flexibility index (Phi) is 6.14. The molecule has 1 N–H and O–H groups in total. The molecule has 90 valence electrons. The molecule has 2 nitrogen and oxygen atoms in total.